The third-order valence-electron chi connectivity index (χ3n) is 2.63. The van der Waals surface area contributed by atoms with E-state index in [2.05, 4.69) is 13.8 Å². The molecule has 0 radical (unpaired) electrons. The topological polar surface area (TPSA) is 52.6 Å². The van der Waals surface area contributed by atoms with E-state index in [0.29, 0.717) is 17.5 Å². The minimum atomic E-state index is -0.733. The number of rotatable bonds is 7. The Morgan fingerprint density at radius 3 is 2.55 bits per heavy atom. The van der Waals surface area contributed by atoms with Crippen LogP contribution in [-0.4, -0.2) is 18.5 Å². The van der Waals surface area contributed by atoms with Crippen molar-refractivity contribution >= 4 is 35.1 Å². The second kappa shape index (κ2) is 9.49. The predicted molar refractivity (Wildman–Crippen MR) is 86.3 cm³/mol. The number of ether oxygens (including phenoxy) is 2. The molecule has 0 atom stereocenters. The molecule has 0 N–H and O–H groups in total. The van der Waals surface area contributed by atoms with Crippen LogP contribution in [0.4, 0.5) is 0 Å². The zero-order valence-electron chi connectivity index (χ0n) is 12.5. The van der Waals surface area contributed by atoms with Gasteiger partial charge in [0.1, 0.15) is 0 Å². The van der Waals surface area contributed by atoms with Crippen molar-refractivity contribution in [3.8, 4) is 5.75 Å². The van der Waals surface area contributed by atoms with E-state index in [1.807, 2.05) is 0 Å². The van der Waals surface area contributed by atoms with Crippen LogP contribution in [0.15, 0.2) is 30.4 Å². The molecule has 0 amide bonds. The van der Waals surface area contributed by atoms with Crippen molar-refractivity contribution in [2.75, 3.05) is 6.61 Å². The van der Waals surface area contributed by atoms with Crippen LogP contribution in [0.5, 0.6) is 5.75 Å². The lowest BCUT2D eigenvalue weighted by molar-refractivity contribution is -0.138. The van der Waals surface area contributed by atoms with Crippen molar-refractivity contribution < 1.29 is 19.1 Å². The molecule has 22 heavy (non-hydrogen) atoms. The first-order valence-corrected chi connectivity index (χ1v) is 7.65. The van der Waals surface area contributed by atoms with E-state index in [9.17, 15) is 9.59 Å². The van der Waals surface area contributed by atoms with E-state index in [1.54, 1.807) is 6.07 Å². The number of halogens is 2. The fourth-order valence-corrected chi connectivity index (χ4v) is 1.86. The van der Waals surface area contributed by atoms with E-state index in [-0.39, 0.29) is 10.8 Å². The second-order valence-electron chi connectivity index (χ2n) is 5.03. The quantitative estimate of drug-likeness (QED) is 0.317. The van der Waals surface area contributed by atoms with Gasteiger partial charge < -0.3 is 9.47 Å². The molecule has 6 heteroatoms. The first-order valence-electron chi connectivity index (χ1n) is 6.90. The SMILES string of the molecule is CC(C)CCCOC(=O)/C=C/C(=O)Oc1cc(Cl)ccc1Cl. The van der Waals surface area contributed by atoms with Gasteiger partial charge in [-0.15, -0.1) is 0 Å². The molecule has 0 heterocycles. The Morgan fingerprint density at radius 2 is 1.86 bits per heavy atom. The highest BCUT2D eigenvalue weighted by atomic mass is 35.5. The Hall–Kier alpha value is -1.52. The second-order valence-corrected chi connectivity index (χ2v) is 5.88. The number of benzene rings is 1. The Morgan fingerprint density at radius 1 is 1.18 bits per heavy atom. The van der Waals surface area contributed by atoms with Gasteiger partial charge in [-0.3, -0.25) is 0 Å². The highest BCUT2D eigenvalue weighted by Crippen LogP contribution is 2.27. The molecule has 120 valence electrons. The van der Waals surface area contributed by atoms with E-state index >= 15 is 0 Å². The molecule has 0 saturated heterocycles. The van der Waals surface area contributed by atoms with Crippen LogP contribution >= 0.6 is 23.2 Å². The lowest BCUT2D eigenvalue weighted by Gasteiger charge is -2.05. The molecule has 0 aromatic heterocycles. The normalized spacial score (nSPS) is 11.0. The molecular weight excluding hydrogens is 327 g/mol. The van der Waals surface area contributed by atoms with Crippen LogP contribution in [0.2, 0.25) is 10.0 Å². The van der Waals surface area contributed by atoms with Gasteiger partial charge in [0, 0.05) is 23.2 Å². The van der Waals surface area contributed by atoms with Gasteiger partial charge in [-0.05, 0) is 30.9 Å². The van der Waals surface area contributed by atoms with Crippen molar-refractivity contribution in [2.24, 2.45) is 5.92 Å². The maximum atomic E-state index is 11.6. The van der Waals surface area contributed by atoms with Crippen LogP contribution in [0.3, 0.4) is 0 Å². The Kier molecular flexibility index (Phi) is 7.99. The van der Waals surface area contributed by atoms with Crippen LogP contribution in [0, 0.1) is 5.92 Å². The molecule has 1 aromatic carbocycles. The van der Waals surface area contributed by atoms with Crippen molar-refractivity contribution in [2.45, 2.75) is 26.7 Å². The highest BCUT2D eigenvalue weighted by molar-refractivity contribution is 6.34. The van der Waals surface area contributed by atoms with E-state index in [0.717, 1.165) is 25.0 Å². The Bertz CT molecular complexity index is 553. The summed E-state index contributed by atoms with van der Waals surface area (Å²) in [7, 11) is 0. The average Bonchev–Trinajstić information content (AvgIpc) is 2.45. The molecule has 4 nitrogen and oxygen atoms in total. The minimum absolute atomic E-state index is 0.133. The molecule has 1 aromatic rings. The molecular formula is C16H18Cl2O4. The molecule has 0 aliphatic rings. The first-order chi connectivity index (χ1) is 10.4. The molecule has 0 aliphatic carbocycles. The largest absolute Gasteiger partial charge is 0.463 e. The molecule has 0 spiro atoms. The van der Waals surface area contributed by atoms with Crippen LogP contribution < -0.4 is 4.74 Å². The Balaban J connectivity index is 2.40. The van der Waals surface area contributed by atoms with Crippen molar-refractivity contribution in [1.82, 2.24) is 0 Å². The van der Waals surface area contributed by atoms with Crippen LogP contribution in [0.1, 0.15) is 26.7 Å². The van der Waals surface area contributed by atoms with E-state index in [4.69, 9.17) is 32.7 Å². The number of esters is 2. The van der Waals surface area contributed by atoms with Crippen LogP contribution in [-0.2, 0) is 14.3 Å². The van der Waals surface area contributed by atoms with Gasteiger partial charge in [0.2, 0.25) is 0 Å². The van der Waals surface area contributed by atoms with Gasteiger partial charge in [-0.25, -0.2) is 9.59 Å². The summed E-state index contributed by atoms with van der Waals surface area (Å²) in [4.78, 5) is 23.0. The van der Waals surface area contributed by atoms with Gasteiger partial charge in [0.05, 0.1) is 11.6 Å². The fraction of sp³-hybridized carbons (Fsp3) is 0.375. The van der Waals surface area contributed by atoms with Gasteiger partial charge in [0.15, 0.2) is 5.75 Å². The van der Waals surface area contributed by atoms with E-state index in [1.165, 1.54) is 12.1 Å². The minimum Gasteiger partial charge on any atom is -0.463 e. The molecule has 0 bridgehead atoms. The number of hydrogen-bond donors (Lipinski definition) is 0. The summed E-state index contributed by atoms with van der Waals surface area (Å²) in [6.45, 7) is 4.52. The Labute approximate surface area is 140 Å². The summed E-state index contributed by atoms with van der Waals surface area (Å²) in [5, 5.41) is 0.642. The zero-order valence-corrected chi connectivity index (χ0v) is 14.0. The average molecular weight is 345 g/mol. The third-order valence-corrected chi connectivity index (χ3v) is 3.18. The monoisotopic (exact) mass is 344 g/mol. The number of carbonyl (C=O) groups excluding carboxylic acids is 2. The molecule has 0 aliphatic heterocycles. The molecule has 0 fully saturated rings. The van der Waals surface area contributed by atoms with E-state index < -0.39 is 11.9 Å². The first kappa shape index (κ1) is 18.5. The van der Waals surface area contributed by atoms with Gasteiger partial charge >= 0.3 is 11.9 Å². The lowest BCUT2D eigenvalue weighted by atomic mass is 10.1. The van der Waals surface area contributed by atoms with Gasteiger partial charge in [0.25, 0.3) is 0 Å². The summed E-state index contributed by atoms with van der Waals surface area (Å²) in [6.07, 6.45) is 3.78. The summed E-state index contributed by atoms with van der Waals surface area (Å²) in [5.41, 5.74) is 0. The van der Waals surface area contributed by atoms with Crippen LogP contribution in [0.25, 0.3) is 0 Å². The van der Waals surface area contributed by atoms with Gasteiger partial charge in [-0.2, -0.15) is 0 Å². The number of hydrogen-bond acceptors (Lipinski definition) is 4. The summed E-state index contributed by atoms with van der Waals surface area (Å²) >= 11 is 11.6. The van der Waals surface area contributed by atoms with Gasteiger partial charge in [-0.1, -0.05) is 37.0 Å². The smallest absolute Gasteiger partial charge is 0.336 e. The highest BCUT2D eigenvalue weighted by Gasteiger charge is 2.07. The summed E-state index contributed by atoms with van der Waals surface area (Å²) in [6, 6.07) is 4.50. The molecule has 1 rings (SSSR count). The standard InChI is InChI=1S/C16H18Cl2O4/c1-11(2)4-3-9-21-15(19)7-8-16(20)22-14-10-12(17)5-6-13(14)18/h5-8,10-11H,3-4,9H2,1-2H3/b8-7+. The number of carbonyl (C=O) groups is 2. The summed E-state index contributed by atoms with van der Waals surface area (Å²) < 4.78 is 9.94. The maximum Gasteiger partial charge on any atom is 0.336 e. The fourth-order valence-electron chi connectivity index (χ4n) is 1.55. The van der Waals surface area contributed by atoms with Crippen molar-refractivity contribution in [3.63, 3.8) is 0 Å². The molecule has 0 saturated carbocycles. The lowest BCUT2D eigenvalue weighted by Crippen LogP contribution is -2.07. The van der Waals surface area contributed by atoms with Crippen molar-refractivity contribution in [1.29, 1.82) is 0 Å². The maximum absolute atomic E-state index is 11.6. The van der Waals surface area contributed by atoms with Crippen molar-refractivity contribution in [3.05, 3.63) is 40.4 Å². The summed E-state index contributed by atoms with van der Waals surface area (Å²) in [5.74, 6) is -0.623. The predicted octanol–water partition coefficient (Wildman–Crippen LogP) is 4.43. The third kappa shape index (κ3) is 7.48. The molecule has 0 unspecified atom stereocenters. The zero-order chi connectivity index (χ0) is 16.5.